The van der Waals surface area contributed by atoms with Crippen molar-refractivity contribution in [2.45, 2.75) is 25.7 Å². The summed E-state index contributed by atoms with van der Waals surface area (Å²) in [6.45, 7) is 3.49. The van der Waals surface area contributed by atoms with Crippen LogP contribution in [0.15, 0.2) is 54.6 Å². The Morgan fingerprint density at radius 1 is 1.07 bits per heavy atom. The van der Waals surface area contributed by atoms with Crippen molar-refractivity contribution in [3.8, 4) is 0 Å². The van der Waals surface area contributed by atoms with E-state index in [-0.39, 0.29) is 5.91 Å². The molecule has 27 heavy (non-hydrogen) atoms. The molecule has 3 heterocycles. The number of amides is 1. The summed E-state index contributed by atoms with van der Waals surface area (Å²) in [5.74, 6) is 2.04. The standard InChI is InChI=1S/C21H23N5O/c1-15-14-20(25-24-15)23-19-9-5-8-18(22-19)16-10-12-26(13-11-16)21(27)17-6-3-2-4-7-17/h2-9,14,16H,10-13H2,1H3,(H2,22,23,24,25). The normalized spacial score (nSPS) is 14.9. The minimum Gasteiger partial charge on any atom is -0.339 e. The highest BCUT2D eigenvalue weighted by atomic mass is 16.2. The minimum absolute atomic E-state index is 0.117. The maximum absolute atomic E-state index is 12.6. The van der Waals surface area contributed by atoms with Crippen molar-refractivity contribution in [2.75, 3.05) is 18.4 Å². The number of aryl methyl sites for hydroxylation is 1. The smallest absolute Gasteiger partial charge is 0.253 e. The van der Waals surface area contributed by atoms with Gasteiger partial charge in [0.05, 0.1) is 0 Å². The van der Waals surface area contributed by atoms with Gasteiger partial charge in [0.1, 0.15) is 5.82 Å². The molecule has 0 saturated carbocycles. The zero-order valence-electron chi connectivity index (χ0n) is 15.4. The number of likely N-dealkylation sites (tertiary alicyclic amines) is 1. The van der Waals surface area contributed by atoms with Crippen molar-refractivity contribution < 1.29 is 4.79 Å². The van der Waals surface area contributed by atoms with E-state index in [1.54, 1.807) is 0 Å². The number of anilines is 2. The number of rotatable bonds is 4. The van der Waals surface area contributed by atoms with Gasteiger partial charge in [-0.25, -0.2) is 4.98 Å². The van der Waals surface area contributed by atoms with Gasteiger partial charge in [-0.2, -0.15) is 5.10 Å². The SMILES string of the molecule is Cc1cc(Nc2cccc(C3CCN(C(=O)c4ccccc4)CC3)n2)n[nH]1. The molecule has 138 valence electrons. The summed E-state index contributed by atoms with van der Waals surface area (Å²) in [4.78, 5) is 19.3. The second-order valence-electron chi connectivity index (χ2n) is 6.94. The molecule has 0 bridgehead atoms. The van der Waals surface area contributed by atoms with Gasteiger partial charge in [0.2, 0.25) is 0 Å². The van der Waals surface area contributed by atoms with Gasteiger partial charge in [0, 0.05) is 42.0 Å². The zero-order chi connectivity index (χ0) is 18.6. The van der Waals surface area contributed by atoms with Crippen molar-refractivity contribution >= 4 is 17.5 Å². The van der Waals surface area contributed by atoms with Gasteiger partial charge in [-0.3, -0.25) is 9.89 Å². The highest BCUT2D eigenvalue weighted by Crippen LogP contribution is 2.28. The molecular formula is C21H23N5O. The number of hydrogen-bond acceptors (Lipinski definition) is 4. The molecule has 6 nitrogen and oxygen atoms in total. The summed E-state index contributed by atoms with van der Waals surface area (Å²) in [5.41, 5.74) is 2.83. The number of piperidine rings is 1. The van der Waals surface area contributed by atoms with Gasteiger partial charge in [0.15, 0.2) is 5.82 Å². The monoisotopic (exact) mass is 361 g/mol. The van der Waals surface area contributed by atoms with Crippen LogP contribution in [-0.4, -0.2) is 39.1 Å². The van der Waals surface area contributed by atoms with E-state index in [2.05, 4.69) is 21.6 Å². The van der Waals surface area contributed by atoms with E-state index in [9.17, 15) is 4.79 Å². The largest absolute Gasteiger partial charge is 0.339 e. The molecule has 1 aliphatic rings. The van der Waals surface area contributed by atoms with Crippen LogP contribution in [0.5, 0.6) is 0 Å². The Morgan fingerprint density at radius 3 is 2.56 bits per heavy atom. The van der Waals surface area contributed by atoms with Crippen LogP contribution in [0.1, 0.15) is 40.5 Å². The van der Waals surface area contributed by atoms with Gasteiger partial charge in [0.25, 0.3) is 5.91 Å². The van der Waals surface area contributed by atoms with Crippen molar-refractivity contribution in [3.63, 3.8) is 0 Å². The lowest BCUT2D eigenvalue weighted by molar-refractivity contribution is 0.0712. The number of pyridine rings is 1. The highest BCUT2D eigenvalue weighted by Gasteiger charge is 2.25. The fourth-order valence-electron chi connectivity index (χ4n) is 3.50. The quantitative estimate of drug-likeness (QED) is 0.740. The molecule has 4 rings (SSSR count). The maximum Gasteiger partial charge on any atom is 0.253 e. The number of carbonyl (C=O) groups excluding carboxylic acids is 1. The molecule has 1 fully saturated rings. The Hall–Kier alpha value is -3.15. The molecule has 0 spiro atoms. The van der Waals surface area contributed by atoms with Crippen LogP contribution >= 0.6 is 0 Å². The first kappa shape index (κ1) is 17.3. The highest BCUT2D eigenvalue weighted by molar-refractivity contribution is 5.94. The summed E-state index contributed by atoms with van der Waals surface area (Å²) < 4.78 is 0. The molecule has 0 unspecified atom stereocenters. The molecule has 1 aromatic carbocycles. The lowest BCUT2D eigenvalue weighted by Gasteiger charge is -2.32. The molecule has 6 heteroatoms. The second kappa shape index (κ2) is 7.61. The van der Waals surface area contributed by atoms with Gasteiger partial charge >= 0.3 is 0 Å². The minimum atomic E-state index is 0.117. The Labute approximate surface area is 158 Å². The fraction of sp³-hybridized carbons (Fsp3) is 0.286. The molecule has 1 amide bonds. The predicted octanol–water partition coefficient (Wildman–Crippen LogP) is 3.88. The third-order valence-electron chi connectivity index (χ3n) is 4.95. The van der Waals surface area contributed by atoms with Crippen LogP contribution in [-0.2, 0) is 0 Å². The Kier molecular flexibility index (Phi) is 4.87. The summed E-state index contributed by atoms with van der Waals surface area (Å²) in [6, 6.07) is 17.5. The van der Waals surface area contributed by atoms with Crippen LogP contribution in [0.2, 0.25) is 0 Å². The molecular weight excluding hydrogens is 338 g/mol. The predicted molar refractivity (Wildman–Crippen MR) is 105 cm³/mol. The Morgan fingerprint density at radius 2 is 1.85 bits per heavy atom. The van der Waals surface area contributed by atoms with Crippen LogP contribution < -0.4 is 5.32 Å². The Balaban J connectivity index is 1.39. The van der Waals surface area contributed by atoms with E-state index >= 15 is 0 Å². The number of carbonyl (C=O) groups is 1. The first-order valence-corrected chi connectivity index (χ1v) is 9.29. The van der Waals surface area contributed by atoms with Crippen molar-refractivity contribution in [1.82, 2.24) is 20.1 Å². The van der Waals surface area contributed by atoms with E-state index in [1.165, 1.54) is 0 Å². The second-order valence-corrected chi connectivity index (χ2v) is 6.94. The Bertz CT molecular complexity index is 913. The van der Waals surface area contributed by atoms with Crippen LogP contribution in [0.3, 0.4) is 0 Å². The number of nitrogens with zero attached hydrogens (tertiary/aromatic N) is 3. The van der Waals surface area contributed by atoms with Crippen molar-refractivity contribution in [3.05, 3.63) is 71.5 Å². The molecule has 1 saturated heterocycles. The molecule has 0 aliphatic carbocycles. The van der Waals surface area contributed by atoms with E-state index in [0.29, 0.717) is 5.92 Å². The molecule has 1 aliphatic heterocycles. The van der Waals surface area contributed by atoms with Gasteiger partial charge in [-0.15, -0.1) is 0 Å². The number of benzene rings is 1. The molecule has 2 aromatic heterocycles. The number of aromatic nitrogens is 3. The van der Waals surface area contributed by atoms with Gasteiger partial charge in [-0.05, 0) is 44.0 Å². The molecule has 2 N–H and O–H groups in total. The van der Waals surface area contributed by atoms with Crippen LogP contribution in [0.4, 0.5) is 11.6 Å². The summed E-state index contributed by atoms with van der Waals surface area (Å²) in [7, 11) is 0. The topological polar surface area (TPSA) is 73.9 Å². The lowest BCUT2D eigenvalue weighted by Crippen LogP contribution is -2.38. The average Bonchev–Trinajstić information content (AvgIpc) is 3.13. The van der Waals surface area contributed by atoms with Crippen molar-refractivity contribution in [2.24, 2.45) is 0 Å². The summed E-state index contributed by atoms with van der Waals surface area (Å²) in [5, 5.41) is 10.3. The summed E-state index contributed by atoms with van der Waals surface area (Å²) >= 11 is 0. The lowest BCUT2D eigenvalue weighted by atomic mass is 9.92. The number of H-pyrrole nitrogens is 1. The summed E-state index contributed by atoms with van der Waals surface area (Å²) in [6.07, 6.45) is 1.85. The van der Waals surface area contributed by atoms with Gasteiger partial charge in [-0.1, -0.05) is 24.3 Å². The fourth-order valence-corrected chi connectivity index (χ4v) is 3.50. The molecule has 0 radical (unpaired) electrons. The number of aromatic amines is 1. The van der Waals surface area contributed by atoms with E-state index in [4.69, 9.17) is 4.98 Å². The average molecular weight is 361 g/mol. The zero-order valence-corrected chi connectivity index (χ0v) is 15.4. The first-order valence-electron chi connectivity index (χ1n) is 9.29. The molecule has 3 aromatic rings. The van der Waals surface area contributed by atoms with Gasteiger partial charge < -0.3 is 10.2 Å². The van der Waals surface area contributed by atoms with Crippen LogP contribution in [0, 0.1) is 6.92 Å². The third kappa shape index (κ3) is 4.00. The van der Waals surface area contributed by atoms with Crippen molar-refractivity contribution in [1.29, 1.82) is 0 Å². The van der Waals surface area contributed by atoms with Crippen LogP contribution in [0.25, 0.3) is 0 Å². The third-order valence-corrected chi connectivity index (χ3v) is 4.95. The first-order chi connectivity index (χ1) is 13.2. The molecule has 0 atom stereocenters. The van der Waals surface area contributed by atoms with E-state index < -0.39 is 0 Å². The maximum atomic E-state index is 12.6. The van der Waals surface area contributed by atoms with E-state index in [0.717, 1.165) is 54.5 Å². The van der Waals surface area contributed by atoms with E-state index in [1.807, 2.05) is 60.4 Å². The number of hydrogen-bond donors (Lipinski definition) is 2. The number of nitrogens with one attached hydrogen (secondary N) is 2.